The van der Waals surface area contributed by atoms with E-state index < -0.39 is 28.5 Å². The molecule has 0 aliphatic heterocycles. The molecule has 37 heavy (non-hydrogen) atoms. The summed E-state index contributed by atoms with van der Waals surface area (Å²) in [5, 5.41) is 2.82. The number of sulfonamides is 1. The molecule has 0 saturated heterocycles. The van der Waals surface area contributed by atoms with E-state index in [-0.39, 0.29) is 17.3 Å². The fourth-order valence-electron chi connectivity index (χ4n) is 4.21. The van der Waals surface area contributed by atoms with Crippen molar-refractivity contribution in [1.29, 1.82) is 0 Å². The van der Waals surface area contributed by atoms with Gasteiger partial charge in [-0.1, -0.05) is 61.5 Å². The molecule has 1 N–H and O–H groups in total. The lowest BCUT2D eigenvalue weighted by Gasteiger charge is -2.33. The maximum absolute atomic E-state index is 14.0. The number of amides is 2. The Bertz CT molecular complexity index is 1330. The zero-order chi connectivity index (χ0) is 27.0. The van der Waals surface area contributed by atoms with Crippen LogP contribution in [-0.4, -0.2) is 44.3 Å². The van der Waals surface area contributed by atoms with Gasteiger partial charge in [0.25, 0.3) is 10.0 Å². The number of anilines is 1. The van der Waals surface area contributed by atoms with Crippen LogP contribution in [0.5, 0.6) is 0 Å². The first kappa shape index (κ1) is 27.9. The maximum Gasteiger partial charge on any atom is 0.264 e. The Kier molecular flexibility index (Phi) is 9.47. The number of carbonyl (C=O) groups is 2. The van der Waals surface area contributed by atoms with Gasteiger partial charge in [0.05, 0.1) is 10.6 Å². The Balaban J connectivity index is 2.06. The number of likely N-dealkylation sites (N-methyl/N-ethyl adjacent to an activating group) is 1. The van der Waals surface area contributed by atoms with Crippen LogP contribution in [0.15, 0.2) is 83.8 Å². The van der Waals surface area contributed by atoms with E-state index in [0.29, 0.717) is 18.7 Å². The molecular formula is C29H35N3O4S. The molecule has 2 amide bonds. The molecule has 8 heteroatoms. The van der Waals surface area contributed by atoms with Crippen LogP contribution in [0.25, 0.3) is 0 Å². The van der Waals surface area contributed by atoms with Crippen molar-refractivity contribution < 1.29 is 18.0 Å². The minimum absolute atomic E-state index is 0.0885. The smallest absolute Gasteiger partial charge is 0.264 e. The third-order valence-electron chi connectivity index (χ3n) is 6.24. The zero-order valence-corrected chi connectivity index (χ0v) is 22.7. The fraction of sp³-hybridized carbons (Fsp3) is 0.310. The van der Waals surface area contributed by atoms with Crippen LogP contribution >= 0.6 is 0 Å². The predicted octanol–water partition coefficient (Wildman–Crippen LogP) is 4.44. The van der Waals surface area contributed by atoms with Crippen molar-refractivity contribution in [1.82, 2.24) is 10.2 Å². The van der Waals surface area contributed by atoms with Gasteiger partial charge in [-0.15, -0.1) is 0 Å². The van der Waals surface area contributed by atoms with Crippen molar-refractivity contribution >= 4 is 27.5 Å². The monoisotopic (exact) mass is 521 g/mol. The van der Waals surface area contributed by atoms with Crippen LogP contribution in [0.4, 0.5) is 5.69 Å². The van der Waals surface area contributed by atoms with Gasteiger partial charge < -0.3 is 10.2 Å². The average molecular weight is 522 g/mol. The number of benzene rings is 3. The number of nitrogens with one attached hydrogen (secondary N) is 1. The van der Waals surface area contributed by atoms with Crippen LogP contribution in [0.2, 0.25) is 0 Å². The normalized spacial score (nSPS) is 12.0. The van der Waals surface area contributed by atoms with Gasteiger partial charge in [-0.05, 0) is 68.1 Å². The molecule has 3 rings (SSSR count). The first-order chi connectivity index (χ1) is 17.7. The summed E-state index contributed by atoms with van der Waals surface area (Å²) in [7, 11) is -4.06. The molecule has 196 valence electrons. The molecular weight excluding hydrogens is 486 g/mol. The zero-order valence-electron chi connectivity index (χ0n) is 21.8. The number of hydrogen-bond donors (Lipinski definition) is 1. The predicted molar refractivity (Wildman–Crippen MR) is 147 cm³/mol. The van der Waals surface area contributed by atoms with E-state index in [9.17, 15) is 18.0 Å². The molecule has 3 aromatic rings. The second-order valence-corrected chi connectivity index (χ2v) is 10.8. The highest BCUT2D eigenvalue weighted by molar-refractivity contribution is 7.92. The quantitative estimate of drug-likeness (QED) is 0.404. The van der Waals surface area contributed by atoms with E-state index in [1.807, 2.05) is 58.0 Å². The minimum Gasteiger partial charge on any atom is -0.355 e. The van der Waals surface area contributed by atoms with Crippen LogP contribution < -0.4 is 9.62 Å². The van der Waals surface area contributed by atoms with E-state index >= 15 is 0 Å². The summed E-state index contributed by atoms with van der Waals surface area (Å²) in [4.78, 5) is 28.5. The Morgan fingerprint density at radius 1 is 0.892 bits per heavy atom. The van der Waals surface area contributed by atoms with Gasteiger partial charge in [0.15, 0.2) is 0 Å². The molecule has 0 spiro atoms. The van der Waals surface area contributed by atoms with Crippen LogP contribution in [0, 0.1) is 13.8 Å². The topological polar surface area (TPSA) is 86.8 Å². The van der Waals surface area contributed by atoms with Crippen molar-refractivity contribution in [3.63, 3.8) is 0 Å². The SMILES string of the molecule is CCNC(=O)[C@@H](CC)N(Cc1ccccc1C)C(=O)CN(c1cccc(C)c1)S(=O)(=O)c1ccccc1. The molecule has 7 nitrogen and oxygen atoms in total. The highest BCUT2D eigenvalue weighted by Crippen LogP contribution is 2.25. The Morgan fingerprint density at radius 3 is 2.19 bits per heavy atom. The molecule has 0 aliphatic carbocycles. The van der Waals surface area contributed by atoms with Crippen molar-refractivity contribution in [3.8, 4) is 0 Å². The second kappa shape index (κ2) is 12.5. The molecule has 0 fully saturated rings. The van der Waals surface area contributed by atoms with Crippen LogP contribution in [0.3, 0.4) is 0 Å². The summed E-state index contributed by atoms with van der Waals surface area (Å²) in [5.74, 6) is -0.720. The van der Waals surface area contributed by atoms with Crippen molar-refractivity contribution in [3.05, 3.63) is 95.6 Å². The first-order valence-corrected chi connectivity index (χ1v) is 13.9. The molecule has 1 atom stereocenters. The van der Waals surface area contributed by atoms with Crippen molar-refractivity contribution in [2.45, 2.75) is 51.6 Å². The molecule has 0 radical (unpaired) electrons. The Morgan fingerprint density at radius 2 is 1.57 bits per heavy atom. The van der Waals surface area contributed by atoms with E-state index in [1.54, 1.807) is 36.4 Å². The molecule has 0 unspecified atom stereocenters. The van der Waals surface area contributed by atoms with Gasteiger partial charge in [-0.2, -0.15) is 0 Å². The molecule has 0 bridgehead atoms. The van der Waals surface area contributed by atoms with Gasteiger partial charge in [-0.25, -0.2) is 8.42 Å². The number of aryl methyl sites for hydroxylation is 2. The number of carbonyl (C=O) groups excluding carboxylic acids is 2. The van der Waals surface area contributed by atoms with Gasteiger partial charge in [0.1, 0.15) is 12.6 Å². The summed E-state index contributed by atoms with van der Waals surface area (Å²) in [6.45, 7) is 7.66. The fourth-order valence-corrected chi connectivity index (χ4v) is 5.64. The molecule has 0 aliphatic rings. The lowest BCUT2D eigenvalue weighted by Crippen LogP contribution is -2.52. The van der Waals surface area contributed by atoms with Gasteiger partial charge in [0, 0.05) is 13.1 Å². The van der Waals surface area contributed by atoms with Crippen molar-refractivity contribution in [2.75, 3.05) is 17.4 Å². The third-order valence-corrected chi connectivity index (χ3v) is 8.03. The van der Waals surface area contributed by atoms with Crippen molar-refractivity contribution in [2.24, 2.45) is 0 Å². The summed E-state index contributed by atoms with van der Waals surface area (Å²) in [6.07, 6.45) is 0.388. The van der Waals surface area contributed by atoms with Crippen LogP contribution in [0.1, 0.15) is 37.0 Å². The third kappa shape index (κ3) is 6.77. The summed E-state index contributed by atoms with van der Waals surface area (Å²) >= 11 is 0. The largest absolute Gasteiger partial charge is 0.355 e. The van der Waals surface area contributed by atoms with E-state index in [4.69, 9.17) is 0 Å². The lowest BCUT2D eigenvalue weighted by atomic mass is 10.1. The van der Waals surface area contributed by atoms with Crippen LogP contribution in [-0.2, 0) is 26.2 Å². The first-order valence-electron chi connectivity index (χ1n) is 12.4. The Labute approximate surface area is 220 Å². The number of nitrogens with zero attached hydrogens (tertiary/aromatic N) is 2. The second-order valence-electron chi connectivity index (χ2n) is 8.93. The molecule has 0 heterocycles. The molecule has 0 aromatic heterocycles. The minimum atomic E-state index is -4.06. The average Bonchev–Trinajstić information content (AvgIpc) is 2.88. The van der Waals surface area contributed by atoms with Gasteiger partial charge in [0.2, 0.25) is 11.8 Å². The maximum atomic E-state index is 14.0. The highest BCUT2D eigenvalue weighted by Gasteiger charge is 2.33. The number of hydrogen-bond acceptors (Lipinski definition) is 4. The summed E-state index contributed by atoms with van der Waals surface area (Å²) in [6, 6.07) is 22.0. The summed E-state index contributed by atoms with van der Waals surface area (Å²) < 4.78 is 28.7. The van der Waals surface area contributed by atoms with E-state index in [0.717, 1.165) is 21.0 Å². The lowest BCUT2D eigenvalue weighted by molar-refractivity contribution is -0.140. The molecule has 3 aromatic carbocycles. The van der Waals surface area contributed by atoms with Gasteiger partial charge in [-0.3, -0.25) is 13.9 Å². The van der Waals surface area contributed by atoms with E-state index in [1.165, 1.54) is 17.0 Å². The standard InChI is InChI=1S/C29H35N3O4S/c1-5-27(29(34)30-6-2)31(20-24-15-11-10-14-23(24)4)28(33)21-32(25-16-12-13-22(3)19-25)37(35,36)26-17-8-7-9-18-26/h7-19,27H,5-6,20-21H2,1-4H3,(H,30,34)/t27-/m1/s1. The van der Waals surface area contributed by atoms with Gasteiger partial charge >= 0.3 is 0 Å². The highest BCUT2D eigenvalue weighted by atomic mass is 32.2. The van der Waals surface area contributed by atoms with E-state index in [2.05, 4.69) is 5.32 Å². The summed E-state index contributed by atoms with van der Waals surface area (Å²) in [5.41, 5.74) is 3.13. The number of rotatable bonds is 11. The molecule has 0 saturated carbocycles. The Hall–Kier alpha value is -3.65.